The van der Waals surface area contributed by atoms with Crippen LogP contribution >= 0.6 is 0 Å². The lowest BCUT2D eigenvalue weighted by Gasteiger charge is -2.24. The van der Waals surface area contributed by atoms with E-state index in [1.807, 2.05) is 4.31 Å². The molecule has 0 aliphatic carbocycles. The van der Waals surface area contributed by atoms with Crippen LogP contribution in [0.1, 0.15) is 12.1 Å². The van der Waals surface area contributed by atoms with Gasteiger partial charge in [-0.05, 0) is 12.8 Å². The Hall–Kier alpha value is -0.840. The molecule has 0 bridgehead atoms. The first kappa shape index (κ1) is 7.79. The maximum atomic E-state index is 11.3. The van der Waals surface area contributed by atoms with E-state index in [0.29, 0.717) is 0 Å². The zero-order valence-corrected chi connectivity index (χ0v) is 7.73. The van der Waals surface area contributed by atoms with E-state index in [1.54, 1.807) is 12.5 Å². The minimum atomic E-state index is -0.918. The average molecular weight is 185 g/mol. The van der Waals surface area contributed by atoms with Gasteiger partial charge in [0.1, 0.15) is 11.0 Å². The quantitative estimate of drug-likeness (QED) is 0.691. The molecule has 0 fully saturated rings. The summed E-state index contributed by atoms with van der Waals surface area (Å²) in [5, 5.41) is 6.85. The van der Waals surface area contributed by atoms with Crippen LogP contribution in [0.3, 0.4) is 0 Å². The van der Waals surface area contributed by atoms with E-state index in [4.69, 9.17) is 0 Å². The van der Waals surface area contributed by atoms with Gasteiger partial charge < -0.3 is 0 Å². The number of hydrogen-bond donors (Lipinski definition) is 1. The summed E-state index contributed by atoms with van der Waals surface area (Å²) in [6, 6.07) is 0. The van der Waals surface area contributed by atoms with E-state index in [2.05, 4.69) is 10.2 Å². The number of anilines is 1. The largest absolute Gasteiger partial charge is 0.289 e. The molecule has 1 aliphatic heterocycles. The minimum Gasteiger partial charge on any atom is -0.289 e. The lowest BCUT2D eigenvalue weighted by atomic mass is 10.1. The molecule has 1 unspecified atom stereocenters. The molecule has 66 valence electrons. The zero-order chi connectivity index (χ0) is 8.55. The molecule has 0 aromatic carbocycles. The highest BCUT2D eigenvalue weighted by Crippen LogP contribution is 2.25. The average Bonchev–Trinajstić information content (AvgIpc) is 2.49. The second kappa shape index (κ2) is 2.90. The Bertz CT molecular complexity index is 309. The van der Waals surface area contributed by atoms with E-state index in [0.717, 1.165) is 30.8 Å². The monoisotopic (exact) mass is 185 g/mol. The number of nitrogens with one attached hydrogen (secondary N) is 1. The predicted octanol–water partition coefficient (Wildman–Crippen LogP) is 0.456. The Morgan fingerprint density at radius 2 is 2.58 bits per heavy atom. The molecule has 1 aliphatic rings. The van der Waals surface area contributed by atoms with E-state index in [9.17, 15) is 4.21 Å². The van der Waals surface area contributed by atoms with Crippen molar-refractivity contribution in [3.05, 3.63) is 11.9 Å². The second-order valence-electron chi connectivity index (χ2n) is 2.86. The number of H-pyrrole nitrogens is 1. The molecule has 1 N–H and O–H groups in total. The zero-order valence-electron chi connectivity index (χ0n) is 6.91. The van der Waals surface area contributed by atoms with Gasteiger partial charge in [-0.3, -0.25) is 9.40 Å². The number of rotatable bonds is 1. The lowest BCUT2D eigenvalue weighted by molar-refractivity contribution is 0.675. The Morgan fingerprint density at radius 1 is 1.75 bits per heavy atom. The van der Waals surface area contributed by atoms with Crippen molar-refractivity contribution in [1.82, 2.24) is 10.2 Å². The maximum Gasteiger partial charge on any atom is 0.116 e. The Kier molecular flexibility index (Phi) is 1.88. The molecule has 2 heterocycles. The first-order valence-corrected chi connectivity index (χ1v) is 5.44. The van der Waals surface area contributed by atoms with Gasteiger partial charge in [-0.15, -0.1) is 0 Å². The standard InChI is InChI=1S/C7H11N3OS/c1-12(11)10-4-2-3-6-7(10)5-8-9-6/h5H,2-4H2,1H3,(H,8,9). The summed E-state index contributed by atoms with van der Waals surface area (Å²) in [4.78, 5) is 0. The fourth-order valence-corrected chi connectivity index (χ4v) is 2.31. The molecule has 1 aromatic heterocycles. The van der Waals surface area contributed by atoms with Crippen molar-refractivity contribution in [1.29, 1.82) is 0 Å². The molecular formula is C7H11N3OS. The van der Waals surface area contributed by atoms with Crippen LogP contribution in [0.25, 0.3) is 0 Å². The molecule has 1 aromatic rings. The smallest absolute Gasteiger partial charge is 0.116 e. The third-order valence-corrected chi connectivity index (χ3v) is 3.06. The number of aromatic amines is 1. The van der Waals surface area contributed by atoms with Gasteiger partial charge in [0, 0.05) is 12.8 Å². The van der Waals surface area contributed by atoms with E-state index >= 15 is 0 Å². The predicted molar refractivity (Wildman–Crippen MR) is 48.3 cm³/mol. The van der Waals surface area contributed by atoms with Gasteiger partial charge in [0.05, 0.1) is 17.6 Å². The van der Waals surface area contributed by atoms with Crippen molar-refractivity contribution in [2.75, 3.05) is 17.1 Å². The van der Waals surface area contributed by atoms with Crippen LogP contribution in [0, 0.1) is 0 Å². The summed E-state index contributed by atoms with van der Waals surface area (Å²) in [6.45, 7) is 0.871. The van der Waals surface area contributed by atoms with Gasteiger partial charge in [0.25, 0.3) is 0 Å². The number of fused-ring (bicyclic) bond motifs is 1. The lowest BCUT2D eigenvalue weighted by Crippen LogP contribution is -2.29. The molecule has 0 saturated heterocycles. The van der Waals surface area contributed by atoms with Gasteiger partial charge >= 0.3 is 0 Å². The van der Waals surface area contributed by atoms with Gasteiger partial charge in [0.15, 0.2) is 0 Å². The summed E-state index contributed by atoms with van der Waals surface area (Å²) < 4.78 is 13.1. The molecule has 0 saturated carbocycles. The van der Waals surface area contributed by atoms with Crippen LogP contribution in [0.4, 0.5) is 5.69 Å². The summed E-state index contributed by atoms with van der Waals surface area (Å²) in [7, 11) is -0.918. The van der Waals surface area contributed by atoms with Crippen LogP contribution in [0.2, 0.25) is 0 Å². The van der Waals surface area contributed by atoms with Crippen LogP contribution in [0.5, 0.6) is 0 Å². The van der Waals surface area contributed by atoms with Crippen LogP contribution < -0.4 is 4.31 Å². The molecule has 4 nitrogen and oxygen atoms in total. The van der Waals surface area contributed by atoms with Crippen molar-refractivity contribution in [3.8, 4) is 0 Å². The van der Waals surface area contributed by atoms with Crippen molar-refractivity contribution in [2.24, 2.45) is 0 Å². The first-order valence-electron chi connectivity index (χ1n) is 3.92. The molecule has 0 radical (unpaired) electrons. The summed E-state index contributed by atoms with van der Waals surface area (Å²) in [5.74, 6) is 0. The molecular weight excluding hydrogens is 174 g/mol. The molecule has 2 rings (SSSR count). The van der Waals surface area contributed by atoms with Crippen LogP contribution in [-0.4, -0.2) is 27.2 Å². The number of aromatic nitrogens is 2. The normalized spacial score (nSPS) is 18.9. The van der Waals surface area contributed by atoms with Crippen molar-refractivity contribution in [2.45, 2.75) is 12.8 Å². The molecule has 5 heteroatoms. The molecule has 0 spiro atoms. The minimum absolute atomic E-state index is 0.871. The fraction of sp³-hybridized carbons (Fsp3) is 0.571. The molecule has 1 atom stereocenters. The molecule has 0 amide bonds. The van der Waals surface area contributed by atoms with Crippen LogP contribution in [-0.2, 0) is 17.4 Å². The topological polar surface area (TPSA) is 49.0 Å². The highest BCUT2D eigenvalue weighted by molar-refractivity contribution is 7.85. The summed E-state index contributed by atoms with van der Waals surface area (Å²) in [5.41, 5.74) is 2.11. The van der Waals surface area contributed by atoms with Crippen molar-refractivity contribution in [3.63, 3.8) is 0 Å². The molecule has 12 heavy (non-hydrogen) atoms. The fourth-order valence-electron chi connectivity index (χ4n) is 1.49. The van der Waals surface area contributed by atoms with Crippen molar-refractivity contribution < 1.29 is 4.21 Å². The van der Waals surface area contributed by atoms with E-state index in [1.165, 1.54) is 0 Å². The van der Waals surface area contributed by atoms with Gasteiger partial charge in [-0.25, -0.2) is 4.21 Å². The Morgan fingerprint density at radius 3 is 3.33 bits per heavy atom. The highest BCUT2D eigenvalue weighted by Gasteiger charge is 2.20. The number of hydrogen-bond acceptors (Lipinski definition) is 2. The van der Waals surface area contributed by atoms with E-state index < -0.39 is 11.0 Å². The third-order valence-electron chi connectivity index (χ3n) is 2.06. The van der Waals surface area contributed by atoms with Gasteiger partial charge in [0.2, 0.25) is 0 Å². The number of nitrogens with zero attached hydrogens (tertiary/aromatic N) is 2. The van der Waals surface area contributed by atoms with Gasteiger partial charge in [-0.1, -0.05) is 0 Å². The van der Waals surface area contributed by atoms with Crippen molar-refractivity contribution >= 4 is 16.7 Å². The third kappa shape index (κ3) is 1.14. The first-order chi connectivity index (χ1) is 5.79. The van der Waals surface area contributed by atoms with E-state index in [-0.39, 0.29) is 0 Å². The SMILES string of the molecule is CS(=O)N1CCCc2[nH]ncc21. The second-order valence-corrected chi connectivity index (χ2v) is 4.15. The van der Waals surface area contributed by atoms with Crippen LogP contribution in [0.15, 0.2) is 6.20 Å². The summed E-state index contributed by atoms with van der Waals surface area (Å²) in [6.07, 6.45) is 5.51. The summed E-state index contributed by atoms with van der Waals surface area (Å²) >= 11 is 0. The maximum absolute atomic E-state index is 11.3. The number of aryl methyl sites for hydroxylation is 1. The van der Waals surface area contributed by atoms with Gasteiger partial charge in [-0.2, -0.15) is 5.10 Å². The highest BCUT2D eigenvalue weighted by atomic mass is 32.2. The Balaban J connectivity index is 2.37. The Labute approximate surface area is 73.6 Å².